The molecule has 4 heteroatoms. The van der Waals surface area contributed by atoms with Crippen molar-refractivity contribution >= 4 is 20.6 Å². The molecule has 0 saturated heterocycles. The second kappa shape index (κ2) is 2.68. The van der Waals surface area contributed by atoms with Crippen molar-refractivity contribution in [2.24, 2.45) is 9.74 Å². The Kier molecular flexibility index (Phi) is 1.66. The lowest BCUT2D eigenvalue weighted by Gasteiger charge is -1.98. The zero-order chi connectivity index (χ0) is 8.55. The highest BCUT2D eigenvalue weighted by molar-refractivity contribution is 7.05. The summed E-state index contributed by atoms with van der Waals surface area (Å²) in [7, 11) is 3.07. The molecule has 1 aromatic carbocycles. The number of benzene rings is 1. The number of amidine groups is 1. The number of hydrogen-bond donors (Lipinski definition) is 1. The van der Waals surface area contributed by atoms with E-state index in [0.717, 1.165) is 22.6 Å². The lowest BCUT2D eigenvalue weighted by atomic mass is 10.1. The number of nitrogens with two attached hydrogens (primary N) is 1. The second-order valence-corrected chi connectivity index (χ2v) is 2.89. The summed E-state index contributed by atoms with van der Waals surface area (Å²) >= 11 is 0. The van der Waals surface area contributed by atoms with Gasteiger partial charge in [-0.1, -0.05) is 0 Å². The van der Waals surface area contributed by atoms with Gasteiger partial charge in [-0.25, -0.2) is 4.74 Å². The summed E-state index contributed by atoms with van der Waals surface area (Å²) in [6.07, 6.45) is 0. The maximum atomic E-state index is 5.62. The van der Waals surface area contributed by atoms with Crippen molar-refractivity contribution in [3.8, 4) is 0 Å². The Morgan fingerprint density at radius 3 is 3.08 bits per heavy atom. The largest absolute Gasteiger partial charge is 0.399 e. The first-order chi connectivity index (χ1) is 5.81. The highest BCUT2D eigenvalue weighted by atomic mass is 31.0. The van der Waals surface area contributed by atoms with Gasteiger partial charge in [0.1, 0.15) is 0 Å². The Morgan fingerprint density at radius 1 is 1.50 bits per heavy atom. The number of hydrogen-bond acceptors (Lipinski definition) is 3. The maximum Gasteiger partial charge on any atom is 0.159 e. The van der Waals surface area contributed by atoms with Crippen LogP contribution >= 0.6 is 9.03 Å². The first-order valence-corrected chi connectivity index (χ1v) is 4.06. The third-order valence-corrected chi connectivity index (χ3v) is 2.09. The van der Waals surface area contributed by atoms with Gasteiger partial charge in [0.15, 0.2) is 5.84 Å². The van der Waals surface area contributed by atoms with E-state index in [1.54, 1.807) is 0 Å². The van der Waals surface area contributed by atoms with E-state index in [1.807, 2.05) is 18.2 Å². The van der Waals surface area contributed by atoms with Crippen molar-refractivity contribution < 1.29 is 0 Å². The molecule has 0 aromatic heterocycles. The maximum absolute atomic E-state index is 5.62. The Morgan fingerprint density at radius 2 is 2.33 bits per heavy atom. The molecule has 0 aliphatic carbocycles. The Hall–Kier alpha value is -1.21. The first-order valence-electron chi connectivity index (χ1n) is 3.62. The average molecular weight is 177 g/mol. The van der Waals surface area contributed by atoms with E-state index in [2.05, 4.69) is 18.8 Å². The van der Waals surface area contributed by atoms with E-state index in [0.29, 0.717) is 6.54 Å². The molecule has 0 unspecified atom stereocenters. The summed E-state index contributed by atoms with van der Waals surface area (Å²) in [5.41, 5.74) is 8.62. The van der Waals surface area contributed by atoms with Crippen molar-refractivity contribution in [1.29, 1.82) is 0 Å². The van der Waals surface area contributed by atoms with Gasteiger partial charge >= 0.3 is 0 Å². The lowest BCUT2D eigenvalue weighted by molar-refractivity contribution is 1.11. The molecule has 1 aliphatic rings. The van der Waals surface area contributed by atoms with Crippen molar-refractivity contribution in [3.05, 3.63) is 29.3 Å². The van der Waals surface area contributed by atoms with Crippen molar-refractivity contribution in [1.82, 2.24) is 0 Å². The predicted molar refractivity (Wildman–Crippen MR) is 51.8 cm³/mol. The van der Waals surface area contributed by atoms with E-state index < -0.39 is 0 Å². The van der Waals surface area contributed by atoms with Gasteiger partial charge in [-0.15, -0.1) is 0 Å². The molecule has 1 aliphatic heterocycles. The van der Waals surface area contributed by atoms with Crippen LogP contribution in [-0.2, 0) is 6.54 Å². The topological polar surface area (TPSA) is 50.7 Å². The standard InChI is InChI=1S/C8H8N3P/c9-6-1-2-7-5(3-6)4-10-8(7)11-12/h1-3,12H,4,9H2. The van der Waals surface area contributed by atoms with Crippen LogP contribution in [0.2, 0.25) is 0 Å². The highest BCUT2D eigenvalue weighted by Gasteiger charge is 2.13. The number of rotatable bonds is 0. The molecule has 3 nitrogen and oxygen atoms in total. The first kappa shape index (κ1) is 7.44. The van der Waals surface area contributed by atoms with Crippen LogP contribution in [0, 0.1) is 0 Å². The summed E-state index contributed by atoms with van der Waals surface area (Å²) in [4.78, 5) is 4.21. The van der Waals surface area contributed by atoms with Gasteiger partial charge in [-0.2, -0.15) is 0 Å². The molecule has 0 saturated carbocycles. The Bertz CT molecular complexity index is 371. The predicted octanol–water partition coefficient (Wildman–Crippen LogP) is 1.86. The molecule has 0 atom stereocenters. The zero-order valence-corrected chi connectivity index (χ0v) is 7.41. The van der Waals surface area contributed by atoms with E-state index in [9.17, 15) is 0 Å². The summed E-state index contributed by atoms with van der Waals surface area (Å²) in [6, 6.07) is 5.74. The quantitative estimate of drug-likeness (QED) is 0.477. The van der Waals surface area contributed by atoms with Gasteiger partial charge in [0.25, 0.3) is 0 Å². The van der Waals surface area contributed by atoms with Gasteiger partial charge in [0.05, 0.1) is 6.54 Å². The van der Waals surface area contributed by atoms with Crippen molar-refractivity contribution in [3.63, 3.8) is 0 Å². The van der Waals surface area contributed by atoms with E-state index in [-0.39, 0.29) is 0 Å². The van der Waals surface area contributed by atoms with Crippen LogP contribution in [0.3, 0.4) is 0 Å². The number of fused-ring (bicyclic) bond motifs is 1. The molecule has 0 fully saturated rings. The normalized spacial score (nSPS) is 13.8. The van der Waals surface area contributed by atoms with E-state index in [4.69, 9.17) is 5.73 Å². The fourth-order valence-electron chi connectivity index (χ4n) is 1.30. The van der Waals surface area contributed by atoms with Gasteiger partial charge < -0.3 is 5.73 Å². The average Bonchev–Trinajstić information content (AvgIpc) is 2.46. The SMILES string of the molecule is Nc1ccc2c(c1)CN=C2N=P. The summed E-state index contributed by atoms with van der Waals surface area (Å²) in [6.45, 7) is 0.684. The van der Waals surface area contributed by atoms with Crippen LogP contribution in [0.4, 0.5) is 5.69 Å². The lowest BCUT2D eigenvalue weighted by Crippen LogP contribution is -1.94. The smallest absolute Gasteiger partial charge is 0.159 e. The Labute approximate surface area is 72.6 Å². The van der Waals surface area contributed by atoms with E-state index >= 15 is 0 Å². The zero-order valence-electron chi connectivity index (χ0n) is 6.41. The number of aliphatic imine (C=N–C) groups is 1. The molecular weight excluding hydrogens is 169 g/mol. The molecular formula is C8H8N3P. The van der Waals surface area contributed by atoms with Gasteiger partial charge in [0.2, 0.25) is 0 Å². The van der Waals surface area contributed by atoms with Crippen LogP contribution in [-0.4, -0.2) is 5.84 Å². The minimum Gasteiger partial charge on any atom is -0.399 e. The molecule has 0 spiro atoms. The summed E-state index contributed by atoms with van der Waals surface area (Å²) in [5.74, 6) is 0.752. The summed E-state index contributed by atoms with van der Waals surface area (Å²) < 4.78 is 3.87. The van der Waals surface area contributed by atoms with Crippen LogP contribution < -0.4 is 5.73 Å². The van der Waals surface area contributed by atoms with Crippen LogP contribution in [0.1, 0.15) is 11.1 Å². The highest BCUT2D eigenvalue weighted by Crippen LogP contribution is 2.22. The molecule has 60 valence electrons. The minimum atomic E-state index is 0.684. The van der Waals surface area contributed by atoms with Crippen LogP contribution in [0.15, 0.2) is 27.9 Å². The third-order valence-electron chi connectivity index (χ3n) is 1.88. The molecule has 12 heavy (non-hydrogen) atoms. The fraction of sp³-hybridized carbons (Fsp3) is 0.125. The fourth-order valence-corrected chi connectivity index (χ4v) is 1.49. The molecule has 1 aromatic rings. The molecule has 0 bridgehead atoms. The van der Waals surface area contributed by atoms with Crippen LogP contribution in [0.25, 0.3) is 0 Å². The van der Waals surface area contributed by atoms with Crippen molar-refractivity contribution in [2.75, 3.05) is 5.73 Å². The molecule has 0 amide bonds. The molecule has 0 radical (unpaired) electrons. The van der Waals surface area contributed by atoms with Gasteiger partial charge in [0, 0.05) is 11.3 Å². The van der Waals surface area contributed by atoms with Crippen LogP contribution in [0.5, 0.6) is 0 Å². The molecule has 1 heterocycles. The molecule has 2 N–H and O–H groups in total. The van der Waals surface area contributed by atoms with Gasteiger partial charge in [-0.05, 0) is 32.8 Å². The number of nitrogens with zero attached hydrogens (tertiary/aromatic N) is 2. The van der Waals surface area contributed by atoms with Crippen molar-refractivity contribution in [2.45, 2.75) is 6.54 Å². The minimum absolute atomic E-state index is 0.684. The summed E-state index contributed by atoms with van der Waals surface area (Å²) in [5, 5.41) is 0. The number of anilines is 1. The number of nitrogen functional groups attached to an aromatic ring is 1. The van der Waals surface area contributed by atoms with Gasteiger partial charge in [-0.3, -0.25) is 4.99 Å². The monoisotopic (exact) mass is 177 g/mol. The second-order valence-electron chi connectivity index (χ2n) is 2.67. The third kappa shape index (κ3) is 1.03. The molecule has 2 rings (SSSR count). The van der Waals surface area contributed by atoms with E-state index in [1.165, 1.54) is 0 Å². The Balaban J connectivity index is 2.54.